The lowest BCUT2D eigenvalue weighted by atomic mass is 10.1. The third kappa shape index (κ3) is 10.9. The third-order valence-electron chi connectivity index (χ3n) is 3.23. The van der Waals surface area contributed by atoms with E-state index in [9.17, 15) is 14.4 Å². The summed E-state index contributed by atoms with van der Waals surface area (Å²) in [7, 11) is 0. The molecule has 0 bridgehead atoms. The zero-order chi connectivity index (χ0) is 22.1. The van der Waals surface area contributed by atoms with E-state index in [1.165, 1.54) is 16.9 Å². The standard InChI is InChI=1S/C10H17NO2.C8H13NO3.C3H8/c1-5-8-6-11(7-8)9(12)13-10(2,3)4;1-8(2,3)12-7(11)9-4-6(10)5-9;1-3-2/h5H,6-7H2,1-4H3;4-5H2,1-3H3;3H2,1-2H3. The van der Waals surface area contributed by atoms with Gasteiger partial charge in [0, 0.05) is 13.1 Å². The van der Waals surface area contributed by atoms with Crippen LogP contribution in [0.15, 0.2) is 11.6 Å². The van der Waals surface area contributed by atoms with Crippen LogP contribution in [0.5, 0.6) is 0 Å². The molecule has 7 heteroatoms. The molecule has 2 saturated heterocycles. The van der Waals surface area contributed by atoms with Crippen LogP contribution in [-0.2, 0) is 14.3 Å². The Morgan fingerprint density at radius 2 is 1.18 bits per heavy atom. The van der Waals surface area contributed by atoms with Crippen LogP contribution in [0.3, 0.4) is 0 Å². The molecule has 2 aliphatic rings. The third-order valence-corrected chi connectivity index (χ3v) is 3.23. The van der Waals surface area contributed by atoms with Gasteiger partial charge in [0.05, 0.1) is 13.1 Å². The summed E-state index contributed by atoms with van der Waals surface area (Å²) in [5.41, 5.74) is 0.434. The van der Waals surface area contributed by atoms with Crippen molar-refractivity contribution in [3.63, 3.8) is 0 Å². The van der Waals surface area contributed by atoms with Gasteiger partial charge in [-0.15, -0.1) is 0 Å². The van der Waals surface area contributed by atoms with E-state index in [0.717, 1.165) is 13.1 Å². The fourth-order valence-electron chi connectivity index (χ4n) is 1.92. The normalized spacial score (nSPS) is 15.8. The number of nitrogens with zero attached hydrogens (tertiary/aromatic N) is 2. The molecule has 0 aliphatic carbocycles. The maximum atomic E-state index is 11.4. The minimum absolute atomic E-state index is 0.0841. The molecule has 2 fully saturated rings. The van der Waals surface area contributed by atoms with Gasteiger partial charge in [-0.05, 0) is 54.0 Å². The van der Waals surface area contributed by atoms with Crippen LogP contribution in [0.4, 0.5) is 9.59 Å². The predicted molar refractivity (Wildman–Crippen MR) is 110 cm³/mol. The molecule has 2 aliphatic heterocycles. The van der Waals surface area contributed by atoms with Crippen LogP contribution in [0, 0.1) is 0 Å². The van der Waals surface area contributed by atoms with Crippen molar-refractivity contribution in [1.82, 2.24) is 9.80 Å². The van der Waals surface area contributed by atoms with Gasteiger partial charge < -0.3 is 14.4 Å². The molecular formula is C21H38N2O5. The number of hydrogen-bond acceptors (Lipinski definition) is 5. The molecule has 162 valence electrons. The van der Waals surface area contributed by atoms with Gasteiger partial charge in [-0.3, -0.25) is 9.69 Å². The summed E-state index contributed by atoms with van der Waals surface area (Å²) in [6.45, 7) is 19.1. The summed E-state index contributed by atoms with van der Waals surface area (Å²) in [6.07, 6.45) is 2.68. The van der Waals surface area contributed by atoms with Crippen molar-refractivity contribution >= 4 is 18.0 Å². The van der Waals surface area contributed by atoms with E-state index in [4.69, 9.17) is 9.47 Å². The summed E-state index contributed by atoms with van der Waals surface area (Å²) in [6, 6.07) is 0. The lowest BCUT2D eigenvalue weighted by molar-refractivity contribution is -0.128. The average Bonchev–Trinajstić information content (AvgIpc) is 2.40. The molecule has 2 amide bonds. The van der Waals surface area contributed by atoms with Crippen LogP contribution in [0.1, 0.15) is 68.7 Å². The number of carbonyl (C=O) groups is 3. The molecule has 0 N–H and O–H groups in total. The van der Waals surface area contributed by atoms with E-state index in [0.29, 0.717) is 0 Å². The number of Topliss-reactive ketones (excluding diaryl/α,β-unsaturated/α-hetero) is 1. The van der Waals surface area contributed by atoms with Crippen LogP contribution >= 0.6 is 0 Å². The highest BCUT2D eigenvalue weighted by molar-refractivity contribution is 5.94. The Morgan fingerprint density at radius 3 is 1.43 bits per heavy atom. The molecule has 2 heterocycles. The van der Waals surface area contributed by atoms with Gasteiger partial charge in [0.25, 0.3) is 0 Å². The topological polar surface area (TPSA) is 76.2 Å². The number of carbonyl (C=O) groups excluding carboxylic acids is 3. The Balaban J connectivity index is 0.000000458. The molecule has 0 aromatic carbocycles. The van der Waals surface area contributed by atoms with Crippen LogP contribution < -0.4 is 0 Å². The second kappa shape index (κ2) is 11.1. The monoisotopic (exact) mass is 398 g/mol. The molecule has 0 unspecified atom stereocenters. The molecule has 0 radical (unpaired) electrons. The minimum Gasteiger partial charge on any atom is -0.444 e. The summed E-state index contributed by atoms with van der Waals surface area (Å²) < 4.78 is 10.2. The van der Waals surface area contributed by atoms with Crippen molar-refractivity contribution < 1.29 is 23.9 Å². The first kappa shape index (κ1) is 26.0. The second-order valence-electron chi connectivity index (χ2n) is 8.87. The molecule has 28 heavy (non-hydrogen) atoms. The predicted octanol–water partition coefficient (Wildman–Crippen LogP) is 4.41. The molecule has 0 aromatic heterocycles. The van der Waals surface area contributed by atoms with Crippen LogP contribution in [-0.4, -0.2) is 65.2 Å². The fourth-order valence-corrected chi connectivity index (χ4v) is 1.92. The summed E-state index contributed by atoms with van der Waals surface area (Å²) in [5, 5.41) is 0. The van der Waals surface area contributed by atoms with Crippen molar-refractivity contribution in [3.05, 3.63) is 11.6 Å². The quantitative estimate of drug-likeness (QED) is 0.565. The van der Waals surface area contributed by atoms with Crippen molar-refractivity contribution in [3.8, 4) is 0 Å². The maximum absolute atomic E-state index is 11.4. The number of rotatable bonds is 0. The number of hydrogen-bond donors (Lipinski definition) is 0. The first-order chi connectivity index (χ1) is 12.7. The Hall–Kier alpha value is -2.05. The summed E-state index contributed by atoms with van der Waals surface area (Å²) >= 11 is 0. The molecule has 0 atom stereocenters. The van der Waals surface area contributed by atoms with Crippen LogP contribution in [0.2, 0.25) is 0 Å². The Bertz CT molecular complexity index is 554. The van der Waals surface area contributed by atoms with Crippen molar-refractivity contribution in [2.75, 3.05) is 26.2 Å². The van der Waals surface area contributed by atoms with Gasteiger partial charge in [-0.2, -0.15) is 0 Å². The van der Waals surface area contributed by atoms with Gasteiger partial charge in [0.15, 0.2) is 5.78 Å². The van der Waals surface area contributed by atoms with E-state index >= 15 is 0 Å². The van der Waals surface area contributed by atoms with Crippen molar-refractivity contribution in [2.24, 2.45) is 0 Å². The number of ketones is 1. The van der Waals surface area contributed by atoms with Crippen molar-refractivity contribution in [1.29, 1.82) is 0 Å². The first-order valence-corrected chi connectivity index (χ1v) is 9.84. The average molecular weight is 399 g/mol. The lowest BCUT2D eigenvalue weighted by Crippen LogP contribution is -2.52. The van der Waals surface area contributed by atoms with E-state index in [2.05, 4.69) is 13.8 Å². The number of likely N-dealkylation sites (tertiary alicyclic amines) is 2. The summed E-state index contributed by atoms with van der Waals surface area (Å²) in [4.78, 5) is 36.1. The largest absolute Gasteiger partial charge is 0.444 e. The second-order valence-corrected chi connectivity index (χ2v) is 8.87. The number of amides is 2. The van der Waals surface area contributed by atoms with Gasteiger partial charge in [-0.25, -0.2) is 9.59 Å². The highest BCUT2D eigenvalue weighted by Crippen LogP contribution is 2.18. The molecule has 2 rings (SSSR count). The Labute approximate surface area is 170 Å². The van der Waals surface area contributed by atoms with E-state index < -0.39 is 11.7 Å². The molecule has 0 saturated carbocycles. The van der Waals surface area contributed by atoms with Crippen LogP contribution in [0.25, 0.3) is 0 Å². The molecule has 7 nitrogen and oxygen atoms in total. The Kier molecular flexibility index (Phi) is 10.3. The Morgan fingerprint density at radius 1 is 0.857 bits per heavy atom. The SMILES string of the molecule is CC(C)(C)OC(=O)N1CC(=O)C1.CC=C1CN(C(=O)OC(C)(C)C)C1.CCC. The highest BCUT2D eigenvalue weighted by atomic mass is 16.6. The van der Waals surface area contributed by atoms with Crippen molar-refractivity contribution in [2.45, 2.75) is 79.9 Å². The lowest BCUT2D eigenvalue weighted by Gasteiger charge is -2.35. The zero-order valence-corrected chi connectivity index (χ0v) is 19.0. The van der Waals surface area contributed by atoms with Gasteiger partial charge in [0.1, 0.15) is 11.2 Å². The molecular weight excluding hydrogens is 360 g/mol. The maximum Gasteiger partial charge on any atom is 0.411 e. The minimum atomic E-state index is -0.476. The highest BCUT2D eigenvalue weighted by Gasteiger charge is 2.31. The van der Waals surface area contributed by atoms with Gasteiger partial charge >= 0.3 is 12.2 Å². The fraction of sp³-hybridized carbons (Fsp3) is 0.762. The van der Waals surface area contributed by atoms with E-state index in [1.54, 1.807) is 25.7 Å². The number of allylic oxidation sites excluding steroid dienone is 1. The first-order valence-electron chi connectivity index (χ1n) is 9.84. The van der Waals surface area contributed by atoms with Gasteiger partial charge in [0.2, 0.25) is 0 Å². The smallest absolute Gasteiger partial charge is 0.411 e. The summed E-state index contributed by atoms with van der Waals surface area (Å²) in [5.74, 6) is 0.0841. The molecule has 0 aromatic rings. The van der Waals surface area contributed by atoms with E-state index in [-0.39, 0.29) is 30.6 Å². The molecule has 0 spiro atoms. The van der Waals surface area contributed by atoms with E-state index in [1.807, 2.05) is 33.8 Å². The van der Waals surface area contributed by atoms with Gasteiger partial charge in [-0.1, -0.05) is 26.3 Å². The number of ether oxygens (including phenoxy) is 2. The zero-order valence-electron chi connectivity index (χ0n) is 19.0.